The molecule has 1 rings (SSSR count). The lowest BCUT2D eigenvalue weighted by molar-refractivity contribution is 0.0655. The summed E-state index contributed by atoms with van der Waals surface area (Å²) in [4.78, 5) is 2.40. The Morgan fingerprint density at radius 2 is 2.08 bits per heavy atom. The molecule has 0 aromatic carbocycles. The Bertz CT molecular complexity index is 131. The van der Waals surface area contributed by atoms with Crippen LogP contribution in [0.5, 0.6) is 0 Å². The van der Waals surface area contributed by atoms with Crippen molar-refractivity contribution in [3.63, 3.8) is 0 Å². The molecule has 1 aliphatic carbocycles. The van der Waals surface area contributed by atoms with Gasteiger partial charge in [0.25, 0.3) is 0 Å². The molecule has 0 radical (unpaired) electrons. The number of hydrogen-bond donors (Lipinski definition) is 1. The second-order valence-corrected chi connectivity index (χ2v) is 3.97. The lowest BCUT2D eigenvalue weighted by Gasteiger charge is -2.27. The number of hydrogen-bond acceptors (Lipinski definition) is 3. The molecule has 0 bridgehead atoms. The predicted octanol–water partition coefficient (Wildman–Crippen LogP) is 0.834. The van der Waals surface area contributed by atoms with Crippen molar-refractivity contribution in [1.82, 2.24) is 4.90 Å². The van der Waals surface area contributed by atoms with Gasteiger partial charge in [0.2, 0.25) is 0 Å². The Morgan fingerprint density at radius 3 is 2.54 bits per heavy atom. The third-order valence-corrected chi connectivity index (χ3v) is 3.04. The summed E-state index contributed by atoms with van der Waals surface area (Å²) < 4.78 is 5.26. The summed E-state index contributed by atoms with van der Waals surface area (Å²) in [6.07, 6.45) is 5.66. The van der Waals surface area contributed by atoms with Crippen molar-refractivity contribution in [3.05, 3.63) is 0 Å². The first-order valence-corrected chi connectivity index (χ1v) is 5.21. The lowest BCUT2D eigenvalue weighted by atomic mass is 10.2. The van der Waals surface area contributed by atoms with Gasteiger partial charge in [0, 0.05) is 26.2 Å². The minimum atomic E-state index is 0.200. The summed E-state index contributed by atoms with van der Waals surface area (Å²) in [6.45, 7) is 1.59. The SMILES string of the molecule is COC(CN)CN(C)C1CCCC1. The number of likely N-dealkylation sites (N-methyl/N-ethyl adjacent to an activating group) is 1. The van der Waals surface area contributed by atoms with E-state index in [0.717, 1.165) is 12.6 Å². The Kier molecular flexibility index (Phi) is 4.70. The van der Waals surface area contributed by atoms with Crippen LogP contribution in [-0.4, -0.2) is 44.3 Å². The Balaban J connectivity index is 2.25. The number of nitrogens with two attached hydrogens (primary N) is 1. The molecule has 0 amide bonds. The van der Waals surface area contributed by atoms with Crippen LogP contribution in [0, 0.1) is 0 Å². The molecular formula is C10H22N2O. The van der Waals surface area contributed by atoms with E-state index in [-0.39, 0.29) is 6.10 Å². The van der Waals surface area contributed by atoms with Crippen molar-refractivity contribution in [2.24, 2.45) is 5.73 Å². The Hall–Kier alpha value is -0.120. The second kappa shape index (κ2) is 5.58. The van der Waals surface area contributed by atoms with E-state index >= 15 is 0 Å². The molecule has 0 spiro atoms. The maximum absolute atomic E-state index is 5.58. The molecule has 13 heavy (non-hydrogen) atoms. The van der Waals surface area contributed by atoms with E-state index in [0.29, 0.717) is 6.54 Å². The highest BCUT2D eigenvalue weighted by atomic mass is 16.5. The van der Waals surface area contributed by atoms with Crippen LogP contribution >= 0.6 is 0 Å². The highest BCUT2D eigenvalue weighted by Gasteiger charge is 2.21. The van der Waals surface area contributed by atoms with Gasteiger partial charge in [-0.1, -0.05) is 12.8 Å². The smallest absolute Gasteiger partial charge is 0.0820 e. The van der Waals surface area contributed by atoms with Crippen molar-refractivity contribution < 1.29 is 4.74 Å². The summed E-state index contributed by atoms with van der Waals surface area (Å²) in [5, 5.41) is 0. The fourth-order valence-corrected chi connectivity index (χ4v) is 2.06. The van der Waals surface area contributed by atoms with E-state index in [1.54, 1.807) is 7.11 Å². The molecule has 1 aliphatic rings. The van der Waals surface area contributed by atoms with E-state index < -0.39 is 0 Å². The van der Waals surface area contributed by atoms with Crippen LogP contribution in [0.2, 0.25) is 0 Å². The van der Waals surface area contributed by atoms with Gasteiger partial charge in [0.1, 0.15) is 0 Å². The summed E-state index contributed by atoms with van der Waals surface area (Å²) in [5.41, 5.74) is 5.58. The number of methoxy groups -OCH3 is 1. The van der Waals surface area contributed by atoms with Crippen LogP contribution in [-0.2, 0) is 4.74 Å². The predicted molar refractivity (Wildman–Crippen MR) is 54.7 cm³/mol. The molecule has 0 heterocycles. The normalized spacial score (nSPS) is 21.2. The van der Waals surface area contributed by atoms with Gasteiger partial charge in [-0.05, 0) is 19.9 Å². The van der Waals surface area contributed by atoms with Crippen LogP contribution < -0.4 is 5.73 Å². The van der Waals surface area contributed by atoms with E-state index in [2.05, 4.69) is 11.9 Å². The second-order valence-electron chi connectivity index (χ2n) is 3.97. The van der Waals surface area contributed by atoms with E-state index in [9.17, 15) is 0 Å². The molecule has 0 saturated heterocycles. The molecule has 1 atom stereocenters. The van der Waals surface area contributed by atoms with Crippen molar-refractivity contribution in [2.75, 3.05) is 27.2 Å². The quantitative estimate of drug-likeness (QED) is 0.691. The third kappa shape index (κ3) is 3.25. The number of nitrogens with zero attached hydrogens (tertiary/aromatic N) is 1. The molecule has 0 aromatic rings. The summed E-state index contributed by atoms with van der Waals surface area (Å²) in [7, 11) is 3.91. The summed E-state index contributed by atoms with van der Waals surface area (Å²) in [5.74, 6) is 0. The molecule has 1 saturated carbocycles. The first kappa shape index (κ1) is 11.0. The van der Waals surface area contributed by atoms with Crippen LogP contribution in [0.15, 0.2) is 0 Å². The van der Waals surface area contributed by atoms with Crippen LogP contribution in [0.25, 0.3) is 0 Å². The third-order valence-electron chi connectivity index (χ3n) is 3.04. The van der Waals surface area contributed by atoms with Crippen molar-refractivity contribution in [3.8, 4) is 0 Å². The van der Waals surface area contributed by atoms with Gasteiger partial charge in [0.05, 0.1) is 6.10 Å². The van der Waals surface area contributed by atoms with Crippen molar-refractivity contribution in [1.29, 1.82) is 0 Å². The van der Waals surface area contributed by atoms with Gasteiger partial charge in [0.15, 0.2) is 0 Å². The van der Waals surface area contributed by atoms with Gasteiger partial charge in [-0.25, -0.2) is 0 Å². The van der Waals surface area contributed by atoms with Gasteiger partial charge < -0.3 is 15.4 Å². The maximum atomic E-state index is 5.58. The van der Waals surface area contributed by atoms with E-state index in [1.807, 2.05) is 0 Å². The van der Waals surface area contributed by atoms with Crippen LogP contribution in [0.4, 0.5) is 0 Å². The molecule has 1 fully saturated rings. The van der Waals surface area contributed by atoms with Crippen LogP contribution in [0.3, 0.4) is 0 Å². The molecule has 0 aromatic heterocycles. The minimum Gasteiger partial charge on any atom is -0.379 e. The lowest BCUT2D eigenvalue weighted by Crippen LogP contribution is -2.40. The zero-order valence-corrected chi connectivity index (χ0v) is 8.83. The van der Waals surface area contributed by atoms with Gasteiger partial charge in [-0.2, -0.15) is 0 Å². The molecule has 78 valence electrons. The largest absolute Gasteiger partial charge is 0.379 e. The molecule has 3 nitrogen and oxygen atoms in total. The summed E-state index contributed by atoms with van der Waals surface area (Å²) in [6, 6.07) is 0.768. The molecule has 0 aliphatic heterocycles. The van der Waals surface area contributed by atoms with Gasteiger partial charge >= 0.3 is 0 Å². The molecule has 2 N–H and O–H groups in total. The fourth-order valence-electron chi connectivity index (χ4n) is 2.06. The average molecular weight is 186 g/mol. The topological polar surface area (TPSA) is 38.5 Å². The number of ether oxygens (including phenoxy) is 1. The first-order valence-electron chi connectivity index (χ1n) is 5.21. The molecule has 3 heteroatoms. The zero-order chi connectivity index (χ0) is 9.68. The summed E-state index contributed by atoms with van der Waals surface area (Å²) >= 11 is 0. The first-order chi connectivity index (χ1) is 6.27. The molecular weight excluding hydrogens is 164 g/mol. The minimum absolute atomic E-state index is 0.200. The Labute approximate surface area is 81.2 Å². The van der Waals surface area contributed by atoms with E-state index in [1.165, 1.54) is 25.7 Å². The highest BCUT2D eigenvalue weighted by molar-refractivity contribution is 4.77. The fraction of sp³-hybridized carbons (Fsp3) is 1.00. The van der Waals surface area contributed by atoms with Crippen molar-refractivity contribution in [2.45, 2.75) is 37.8 Å². The van der Waals surface area contributed by atoms with E-state index in [4.69, 9.17) is 10.5 Å². The maximum Gasteiger partial charge on any atom is 0.0820 e. The number of rotatable bonds is 5. The average Bonchev–Trinajstić information content (AvgIpc) is 2.66. The van der Waals surface area contributed by atoms with Crippen LogP contribution in [0.1, 0.15) is 25.7 Å². The Morgan fingerprint density at radius 1 is 1.46 bits per heavy atom. The zero-order valence-electron chi connectivity index (χ0n) is 8.83. The molecule has 1 unspecified atom stereocenters. The van der Waals surface area contributed by atoms with Gasteiger partial charge in [-0.15, -0.1) is 0 Å². The monoisotopic (exact) mass is 186 g/mol. The van der Waals surface area contributed by atoms with Gasteiger partial charge in [-0.3, -0.25) is 0 Å². The van der Waals surface area contributed by atoms with Crippen molar-refractivity contribution >= 4 is 0 Å². The standard InChI is InChI=1S/C10H22N2O/c1-12(8-10(7-11)13-2)9-5-3-4-6-9/h9-10H,3-8,11H2,1-2H3. The highest BCUT2D eigenvalue weighted by Crippen LogP contribution is 2.22.